The summed E-state index contributed by atoms with van der Waals surface area (Å²) in [4.78, 5) is 39.7. The number of hydrogen-bond acceptors (Lipinski definition) is 10. The van der Waals surface area contributed by atoms with Crippen molar-refractivity contribution in [2.75, 3.05) is 25.2 Å². The Balaban J connectivity index is 0.000000203. The molecule has 0 aromatic heterocycles. The topological polar surface area (TPSA) is 158 Å². The lowest BCUT2D eigenvalue weighted by molar-refractivity contribution is 0.0693. The van der Waals surface area contributed by atoms with Gasteiger partial charge < -0.3 is 39.0 Å². The number of ether oxygens (including phenoxy) is 5. The van der Waals surface area contributed by atoms with Gasteiger partial charge in [-0.2, -0.15) is 0 Å². The van der Waals surface area contributed by atoms with Crippen molar-refractivity contribution >= 4 is 84.2 Å². The van der Waals surface area contributed by atoms with Gasteiger partial charge in [0.25, 0.3) is 0 Å². The molecule has 0 aliphatic carbocycles. The standard InChI is InChI=1S/C70H56F6O6.C32H16F6O2.C19H22O3.CH2Cl2/c1-3-5-7-9-35-79-55-27-19-45(20-28-55)43-11-15-47(16-12-43)69(77)81-63-33-25-51-37-49(53-39-59(71)67(75)60(72)40-53)23-31-57(51)65(63)66-58-32-24-50(54-41-61(73)68(76)62(74)42-54)38-52(58)26-34-64(66)82-70(78)48-17-13-44(14-18-48)46-21-29-56(30-22-46)80-36-10-8-6-4-2;33-23-11-19(12-24(34)31(23)37)15-1-5-21-17(9-15)3-7-27(39)29(21)30-22-6-2-16(10-18(22)4-8-28(30)40)20-13-25(35)32(38)26(36)14-20;1-2-3-4-5-14-22-18-12-10-16(11-13-18)15-6-8-17(9-7-15)19(20)21;2-1-3/h11-34,37-42H,3-10,35-36H2,1-2H3;1-14,39-40H;6-13H,2-5,14H2,1H3,(H,20,21);1H2. The molecule has 0 fully saturated rings. The summed E-state index contributed by atoms with van der Waals surface area (Å²) in [5, 5.41) is 34.8. The molecule has 0 bridgehead atoms. The maximum atomic E-state index is 14.6. The van der Waals surface area contributed by atoms with Crippen LogP contribution in [0.1, 0.15) is 129 Å². The van der Waals surface area contributed by atoms with Crippen LogP contribution in [-0.4, -0.2) is 58.4 Å². The molecule has 0 unspecified atom stereocenters. The van der Waals surface area contributed by atoms with Crippen molar-refractivity contribution in [3.05, 3.63) is 402 Å². The fourth-order valence-electron chi connectivity index (χ4n) is 17.2. The number of rotatable bonds is 32. The molecule has 18 rings (SSSR count). The van der Waals surface area contributed by atoms with E-state index in [1.165, 1.54) is 31.4 Å². The second-order valence-electron chi connectivity index (χ2n) is 34.8. The molecule has 0 radical (unpaired) electrons. The molecule has 748 valence electrons. The third kappa shape index (κ3) is 25.6. The van der Waals surface area contributed by atoms with Crippen LogP contribution in [0.15, 0.2) is 315 Å². The zero-order valence-electron chi connectivity index (χ0n) is 79.7. The fraction of sp³-hybridized carbons (Fsp3) is 0.156. The van der Waals surface area contributed by atoms with E-state index in [-0.39, 0.29) is 84.0 Å². The number of hydrogen-bond donors (Lipinski definition) is 3. The number of carbonyl (C=O) groups excluding carboxylic acids is 2. The quantitative estimate of drug-likeness (QED) is 0.00920. The Bertz CT molecular complexity index is 7320. The summed E-state index contributed by atoms with van der Waals surface area (Å²) >= 11 is 9.53. The number of phenolic OH excluding ortho intramolecular Hbond substituents is 2. The third-order valence-electron chi connectivity index (χ3n) is 24.9. The van der Waals surface area contributed by atoms with E-state index >= 15 is 0 Å². The van der Waals surface area contributed by atoms with Crippen LogP contribution >= 0.6 is 23.2 Å². The maximum Gasteiger partial charge on any atom is 0.343 e. The second kappa shape index (κ2) is 49.2. The molecule has 0 amide bonds. The number of phenols is 2. The van der Waals surface area contributed by atoms with Crippen molar-refractivity contribution in [1.82, 2.24) is 0 Å². The van der Waals surface area contributed by atoms with Crippen LogP contribution in [0.3, 0.4) is 0 Å². The Hall–Kier alpha value is -15.9. The van der Waals surface area contributed by atoms with Crippen LogP contribution in [0.4, 0.5) is 52.7 Å². The van der Waals surface area contributed by atoms with Gasteiger partial charge in [0, 0.05) is 22.3 Å². The van der Waals surface area contributed by atoms with Gasteiger partial charge in [-0.1, -0.05) is 224 Å². The number of aromatic hydroxyl groups is 2. The molecule has 0 spiro atoms. The number of halogens is 14. The smallest absolute Gasteiger partial charge is 0.343 e. The molecule has 0 heterocycles. The number of esters is 2. The van der Waals surface area contributed by atoms with Crippen LogP contribution in [0, 0.1) is 69.8 Å². The molecule has 3 N–H and O–H groups in total. The number of fused-ring (bicyclic) bond motifs is 4. The minimum Gasteiger partial charge on any atom is -0.507 e. The van der Waals surface area contributed by atoms with Crippen molar-refractivity contribution < 1.29 is 106 Å². The van der Waals surface area contributed by atoms with Gasteiger partial charge in [0.1, 0.15) is 40.2 Å². The van der Waals surface area contributed by atoms with Crippen molar-refractivity contribution in [3.8, 4) is 140 Å². The van der Waals surface area contributed by atoms with Crippen LogP contribution < -0.4 is 23.7 Å². The van der Waals surface area contributed by atoms with Crippen molar-refractivity contribution in [2.24, 2.45) is 0 Å². The molecule has 147 heavy (non-hydrogen) atoms. The van der Waals surface area contributed by atoms with Crippen molar-refractivity contribution in [1.29, 1.82) is 0 Å². The predicted molar refractivity (Wildman–Crippen MR) is 556 cm³/mol. The molecule has 0 saturated carbocycles. The summed E-state index contributed by atoms with van der Waals surface area (Å²) < 4.78 is 199. The van der Waals surface area contributed by atoms with E-state index in [1.807, 2.05) is 84.9 Å². The lowest BCUT2D eigenvalue weighted by Crippen LogP contribution is -2.11. The van der Waals surface area contributed by atoms with Gasteiger partial charge in [-0.05, 0) is 310 Å². The highest BCUT2D eigenvalue weighted by Gasteiger charge is 2.28. The van der Waals surface area contributed by atoms with E-state index in [2.05, 4.69) is 20.8 Å². The molecule has 0 aliphatic rings. The number of carboxylic acid groups (broad SMARTS) is 1. The average Bonchev–Trinajstić information content (AvgIpc) is 0.733. The SMILES string of the molecule is CCCCCCOc1ccc(-c2ccc(C(=O)O)cc2)cc1.CCCCCCOc1ccc(-c2ccc(C(=O)Oc3ccc4cc(-c5cc(F)c(F)c(F)c5)ccc4c3-c3c(OC(=O)c4ccc(-c5ccc(OCCCCCC)cc5)cc4)ccc4cc(-c5cc(F)c(F)c(F)c5)ccc34)cc2)cc1.ClCCl.Oc1ccc2cc(-c3cc(F)c(F)c(F)c3)ccc2c1-c1c(O)ccc2cc(-c3cc(F)c(F)c(F)c3)ccc12. The van der Waals surface area contributed by atoms with E-state index in [0.717, 1.165) is 164 Å². The van der Waals surface area contributed by atoms with E-state index in [0.29, 0.717) is 84.1 Å². The molecular weight excluding hydrogens is 1940 g/mol. The first-order chi connectivity index (χ1) is 71.1. The first kappa shape index (κ1) is 105. The second-order valence-corrected chi connectivity index (χ2v) is 35.6. The Labute approximate surface area is 850 Å². The van der Waals surface area contributed by atoms with Crippen molar-refractivity contribution in [3.63, 3.8) is 0 Å². The molecule has 11 nitrogen and oxygen atoms in total. The molecule has 0 atom stereocenters. The number of benzene rings is 18. The number of carbonyl (C=O) groups is 3. The monoisotopic (exact) mass is 2030 g/mol. The summed E-state index contributed by atoms with van der Waals surface area (Å²) in [6.45, 7) is 8.54. The highest BCUT2D eigenvalue weighted by molar-refractivity contribution is 6.40. The Morgan fingerprint density at radius 1 is 0.245 bits per heavy atom. The Morgan fingerprint density at radius 2 is 0.463 bits per heavy atom. The van der Waals surface area contributed by atoms with Gasteiger partial charge in [0.15, 0.2) is 69.8 Å². The zero-order valence-corrected chi connectivity index (χ0v) is 81.2. The Morgan fingerprint density at radius 3 is 0.701 bits per heavy atom. The summed E-state index contributed by atoms with van der Waals surface area (Å²) in [7, 11) is 0. The lowest BCUT2D eigenvalue weighted by atomic mass is 9.90. The highest BCUT2D eigenvalue weighted by Crippen LogP contribution is 2.50. The van der Waals surface area contributed by atoms with Gasteiger partial charge in [-0.15, -0.1) is 23.2 Å². The predicted octanol–water partition coefficient (Wildman–Crippen LogP) is 35.2. The van der Waals surface area contributed by atoms with Crippen LogP contribution in [0.25, 0.3) is 143 Å². The fourth-order valence-corrected chi connectivity index (χ4v) is 17.2. The summed E-state index contributed by atoms with van der Waals surface area (Å²) in [6, 6.07) is 82.6. The minimum absolute atomic E-state index is 0.0206. The van der Waals surface area contributed by atoms with Crippen LogP contribution in [-0.2, 0) is 0 Å². The first-order valence-electron chi connectivity index (χ1n) is 47.6. The average molecular weight is 2040 g/mol. The summed E-state index contributed by atoms with van der Waals surface area (Å²) in [5.74, 6) is -17.4. The largest absolute Gasteiger partial charge is 0.507 e. The lowest BCUT2D eigenvalue weighted by Gasteiger charge is -2.20. The first-order valence-corrected chi connectivity index (χ1v) is 48.7. The number of unbranched alkanes of at least 4 members (excludes halogenated alkanes) is 9. The molecular formula is C122H96Cl2F12O11. The normalized spacial score (nSPS) is 11.1. The van der Waals surface area contributed by atoms with E-state index in [4.69, 9.17) is 52.0 Å². The number of alkyl halides is 2. The molecule has 18 aromatic carbocycles. The summed E-state index contributed by atoms with van der Waals surface area (Å²) in [5.41, 5.74) is 9.05. The van der Waals surface area contributed by atoms with E-state index in [1.54, 1.807) is 170 Å². The van der Waals surface area contributed by atoms with E-state index < -0.39 is 87.7 Å². The van der Waals surface area contributed by atoms with Gasteiger partial charge in [-0.25, -0.2) is 67.1 Å². The van der Waals surface area contributed by atoms with Gasteiger partial charge in [0.2, 0.25) is 0 Å². The summed E-state index contributed by atoms with van der Waals surface area (Å²) in [6.07, 6.45) is 13.6. The molecule has 0 saturated heterocycles. The number of aromatic carboxylic acids is 1. The number of carboxylic acids is 1. The van der Waals surface area contributed by atoms with Crippen LogP contribution in [0.5, 0.6) is 40.2 Å². The van der Waals surface area contributed by atoms with Gasteiger partial charge in [0.05, 0.1) is 41.9 Å². The third-order valence-corrected chi connectivity index (χ3v) is 24.9. The zero-order chi connectivity index (χ0) is 104. The molecule has 0 aliphatic heterocycles. The van der Waals surface area contributed by atoms with Gasteiger partial charge >= 0.3 is 17.9 Å². The Kier molecular flexibility index (Phi) is 35.3. The maximum absolute atomic E-state index is 14.6. The molecule has 25 heteroatoms. The highest BCUT2D eigenvalue weighted by atomic mass is 35.5. The van der Waals surface area contributed by atoms with Crippen LogP contribution in [0.2, 0.25) is 0 Å². The molecule has 18 aromatic rings. The van der Waals surface area contributed by atoms with E-state index in [9.17, 15) is 77.3 Å². The van der Waals surface area contributed by atoms with Gasteiger partial charge in [-0.3, -0.25) is 0 Å². The minimum atomic E-state index is -1.61. The van der Waals surface area contributed by atoms with Crippen molar-refractivity contribution in [2.45, 2.75) is 97.8 Å².